The molecule has 4 rings (SSSR count). The van der Waals surface area contributed by atoms with Crippen molar-refractivity contribution in [3.63, 3.8) is 0 Å². The molecule has 0 N–H and O–H groups in total. The Balaban J connectivity index is 1.53. The average molecular weight is 315 g/mol. The Bertz CT molecular complexity index is 617. The van der Waals surface area contributed by atoms with Crippen molar-refractivity contribution in [3.8, 4) is 0 Å². The van der Waals surface area contributed by atoms with Gasteiger partial charge in [0.1, 0.15) is 5.82 Å². The standard InChI is InChI=1S/C16H21N5S/c1-2-5-13(6-3-1)21-14(19-15(20-21)12-7-8-12)11-22-16-17-9-4-10-18-16/h4,9-10,12-13H,1-3,5-8,11H2. The van der Waals surface area contributed by atoms with Crippen LogP contribution >= 0.6 is 11.8 Å². The average Bonchev–Trinajstić information content (AvgIpc) is 3.35. The zero-order chi connectivity index (χ0) is 14.8. The Morgan fingerprint density at radius 2 is 1.82 bits per heavy atom. The van der Waals surface area contributed by atoms with Gasteiger partial charge in [-0.3, -0.25) is 0 Å². The number of thioether (sulfide) groups is 1. The molecule has 2 aromatic heterocycles. The number of nitrogens with zero attached hydrogens (tertiary/aromatic N) is 5. The van der Waals surface area contributed by atoms with Crippen LogP contribution in [0.5, 0.6) is 0 Å². The molecule has 0 unspecified atom stereocenters. The summed E-state index contributed by atoms with van der Waals surface area (Å²) in [5, 5.41) is 5.67. The molecule has 0 radical (unpaired) electrons. The molecule has 116 valence electrons. The van der Waals surface area contributed by atoms with Gasteiger partial charge >= 0.3 is 0 Å². The van der Waals surface area contributed by atoms with Crippen LogP contribution in [0.15, 0.2) is 23.6 Å². The van der Waals surface area contributed by atoms with Crippen LogP contribution in [0.1, 0.15) is 68.6 Å². The number of aromatic nitrogens is 5. The van der Waals surface area contributed by atoms with Gasteiger partial charge in [-0.05, 0) is 31.7 Å². The molecular formula is C16H21N5S. The van der Waals surface area contributed by atoms with Crippen LogP contribution in [0, 0.1) is 0 Å². The molecule has 2 aliphatic rings. The van der Waals surface area contributed by atoms with E-state index < -0.39 is 0 Å². The third-order valence-corrected chi connectivity index (χ3v) is 5.33. The Kier molecular flexibility index (Phi) is 4.10. The van der Waals surface area contributed by atoms with Crippen LogP contribution in [-0.4, -0.2) is 24.7 Å². The van der Waals surface area contributed by atoms with Crippen molar-refractivity contribution in [3.05, 3.63) is 30.1 Å². The van der Waals surface area contributed by atoms with E-state index in [1.54, 1.807) is 24.2 Å². The van der Waals surface area contributed by atoms with Crippen LogP contribution in [0.2, 0.25) is 0 Å². The van der Waals surface area contributed by atoms with Crippen molar-refractivity contribution in [2.75, 3.05) is 0 Å². The van der Waals surface area contributed by atoms with E-state index in [-0.39, 0.29) is 0 Å². The first kappa shape index (κ1) is 14.2. The molecule has 0 saturated heterocycles. The second-order valence-corrected chi connectivity index (χ2v) is 7.16. The van der Waals surface area contributed by atoms with Gasteiger partial charge in [-0.1, -0.05) is 31.0 Å². The first-order valence-corrected chi connectivity index (χ1v) is 9.24. The number of rotatable bonds is 5. The van der Waals surface area contributed by atoms with Crippen molar-refractivity contribution in [2.24, 2.45) is 0 Å². The SMILES string of the molecule is c1cnc(SCc2nc(C3CC3)nn2C2CCCCC2)nc1. The van der Waals surface area contributed by atoms with Gasteiger partial charge in [0.25, 0.3) is 0 Å². The molecule has 5 nitrogen and oxygen atoms in total. The lowest BCUT2D eigenvalue weighted by molar-refractivity contribution is 0.322. The molecule has 0 aromatic carbocycles. The lowest BCUT2D eigenvalue weighted by Crippen LogP contribution is -2.16. The lowest BCUT2D eigenvalue weighted by atomic mass is 9.96. The van der Waals surface area contributed by atoms with E-state index in [1.807, 2.05) is 6.07 Å². The van der Waals surface area contributed by atoms with E-state index in [0.29, 0.717) is 12.0 Å². The molecule has 2 aliphatic carbocycles. The van der Waals surface area contributed by atoms with Crippen molar-refractivity contribution in [1.29, 1.82) is 0 Å². The molecule has 2 fully saturated rings. The van der Waals surface area contributed by atoms with Gasteiger partial charge in [0, 0.05) is 18.3 Å². The summed E-state index contributed by atoms with van der Waals surface area (Å²) in [5.74, 6) is 3.59. The Morgan fingerprint density at radius 3 is 2.55 bits per heavy atom. The van der Waals surface area contributed by atoms with Crippen LogP contribution in [0.4, 0.5) is 0 Å². The van der Waals surface area contributed by atoms with E-state index in [0.717, 1.165) is 22.6 Å². The predicted octanol–water partition coefficient (Wildman–Crippen LogP) is 3.74. The molecule has 22 heavy (non-hydrogen) atoms. The molecule has 0 atom stereocenters. The van der Waals surface area contributed by atoms with Gasteiger partial charge in [-0.25, -0.2) is 19.6 Å². The molecule has 0 amide bonds. The highest BCUT2D eigenvalue weighted by Gasteiger charge is 2.30. The molecule has 2 saturated carbocycles. The minimum atomic E-state index is 0.543. The smallest absolute Gasteiger partial charge is 0.187 e. The largest absolute Gasteiger partial charge is 0.246 e. The fraction of sp³-hybridized carbons (Fsp3) is 0.625. The van der Waals surface area contributed by atoms with Crippen molar-refractivity contribution in [1.82, 2.24) is 24.7 Å². The second-order valence-electron chi connectivity index (χ2n) is 6.22. The summed E-state index contributed by atoms with van der Waals surface area (Å²) in [5.41, 5.74) is 0. The first-order valence-electron chi connectivity index (χ1n) is 8.25. The summed E-state index contributed by atoms with van der Waals surface area (Å²) in [6.07, 6.45) is 12.6. The Morgan fingerprint density at radius 1 is 1.05 bits per heavy atom. The lowest BCUT2D eigenvalue weighted by Gasteiger charge is -2.23. The number of hydrogen-bond acceptors (Lipinski definition) is 5. The molecular weight excluding hydrogens is 294 g/mol. The van der Waals surface area contributed by atoms with Gasteiger partial charge in [0.15, 0.2) is 11.0 Å². The van der Waals surface area contributed by atoms with E-state index in [4.69, 9.17) is 10.1 Å². The van der Waals surface area contributed by atoms with Gasteiger partial charge in [0.2, 0.25) is 0 Å². The van der Waals surface area contributed by atoms with Gasteiger partial charge < -0.3 is 0 Å². The molecule has 0 spiro atoms. The van der Waals surface area contributed by atoms with Gasteiger partial charge in [-0.15, -0.1) is 0 Å². The second kappa shape index (κ2) is 6.36. The van der Waals surface area contributed by atoms with Crippen molar-refractivity contribution < 1.29 is 0 Å². The summed E-state index contributed by atoms with van der Waals surface area (Å²) in [6, 6.07) is 2.39. The van der Waals surface area contributed by atoms with Crippen LogP contribution < -0.4 is 0 Å². The summed E-state index contributed by atoms with van der Waals surface area (Å²) in [6.45, 7) is 0. The van der Waals surface area contributed by atoms with Crippen LogP contribution in [0.3, 0.4) is 0 Å². The van der Waals surface area contributed by atoms with E-state index >= 15 is 0 Å². The fourth-order valence-electron chi connectivity index (χ4n) is 3.09. The summed E-state index contributed by atoms with van der Waals surface area (Å²) in [4.78, 5) is 13.4. The monoisotopic (exact) mass is 315 g/mol. The maximum absolute atomic E-state index is 4.86. The zero-order valence-electron chi connectivity index (χ0n) is 12.7. The third kappa shape index (κ3) is 3.16. The van der Waals surface area contributed by atoms with Crippen LogP contribution in [0.25, 0.3) is 0 Å². The number of hydrogen-bond donors (Lipinski definition) is 0. The topological polar surface area (TPSA) is 56.5 Å². The summed E-state index contributed by atoms with van der Waals surface area (Å²) in [7, 11) is 0. The molecule has 2 aromatic rings. The normalized spacial score (nSPS) is 19.5. The summed E-state index contributed by atoms with van der Waals surface area (Å²) < 4.78 is 2.22. The minimum absolute atomic E-state index is 0.543. The Labute approximate surface area is 135 Å². The fourth-order valence-corrected chi connectivity index (χ4v) is 3.82. The van der Waals surface area contributed by atoms with Gasteiger partial charge in [0.05, 0.1) is 11.8 Å². The highest BCUT2D eigenvalue weighted by Crippen LogP contribution is 2.39. The molecule has 0 bridgehead atoms. The highest BCUT2D eigenvalue weighted by molar-refractivity contribution is 7.98. The zero-order valence-corrected chi connectivity index (χ0v) is 13.5. The predicted molar refractivity (Wildman–Crippen MR) is 85.7 cm³/mol. The highest BCUT2D eigenvalue weighted by atomic mass is 32.2. The molecule has 2 heterocycles. The Hall–Kier alpha value is -1.43. The maximum atomic E-state index is 4.86. The first-order chi connectivity index (χ1) is 10.9. The molecule has 0 aliphatic heterocycles. The molecule has 6 heteroatoms. The quantitative estimate of drug-likeness (QED) is 0.621. The van der Waals surface area contributed by atoms with Crippen LogP contribution in [-0.2, 0) is 5.75 Å². The van der Waals surface area contributed by atoms with Crippen molar-refractivity contribution >= 4 is 11.8 Å². The van der Waals surface area contributed by atoms with Gasteiger partial charge in [-0.2, -0.15) is 5.10 Å². The minimum Gasteiger partial charge on any atom is -0.246 e. The third-order valence-electron chi connectivity index (χ3n) is 4.45. The van der Waals surface area contributed by atoms with E-state index in [2.05, 4.69) is 14.6 Å². The van der Waals surface area contributed by atoms with E-state index in [1.165, 1.54) is 44.9 Å². The summed E-state index contributed by atoms with van der Waals surface area (Å²) >= 11 is 1.65. The maximum Gasteiger partial charge on any atom is 0.187 e. The van der Waals surface area contributed by atoms with Crippen molar-refractivity contribution in [2.45, 2.75) is 67.8 Å². The van der Waals surface area contributed by atoms with E-state index in [9.17, 15) is 0 Å².